The molecule has 0 bridgehead atoms. The Morgan fingerprint density at radius 1 is 0.468 bits per heavy atom. The molecule has 2 atom stereocenters. The maximum Gasteiger partial charge on any atom is 0.255 e. The summed E-state index contributed by atoms with van der Waals surface area (Å²) in [7, 11) is 0. The lowest BCUT2D eigenvalue weighted by Gasteiger charge is -2.15. The Balaban J connectivity index is 0.000000250. The molecule has 0 saturated heterocycles. The van der Waals surface area contributed by atoms with Gasteiger partial charge in [-0.1, -0.05) is 70.1 Å². The number of amides is 4. The number of aryl methyl sites for hydroxylation is 1. The van der Waals surface area contributed by atoms with Crippen LogP contribution in [0.15, 0.2) is 84.9 Å². The molecular weight excluding hydrogens is 902 g/mol. The average molecular weight is 945 g/mol. The van der Waals surface area contributed by atoms with Crippen molar-refractivity contribution in [3.05, 3.63) is 138 Å². The number of nitrogens with two attached hydrogens (primary N) is 4. The normalized spacial score (nSPS) is 11.3. The number of benzene rings is 5. The van der Waals surface area contributed by atoms with Crippen LogP contribution in [-0.4, -0.2) is 47.3 Å². The van der Waals surface area contributed by atoms with E-state index in [0.29, 0.717) is 65.2 Å². The first-order valence-electron chi connectivity index (χ1n) is 18.2. The second-order valence-corrected chi connectivity index (χ2v) is 15.5. The van der Waals surface area contributed by atoms with Crippen molar-refractivity contribution in [1.29, 1.82) is 0 Å². The standard InChI is InChI=1S/C15H19ClN4O4.2C14H12Cl2N2O/c1-6-4-11(20-15(24)13(18)8(3)22)9(16)5-10(6)19-14(23)12(17)7(2)21;2*1-8-10(15)3-2-4-13(8)18-14(19)9-5-6-11(16)12(17)7-9/h4-5,12-13H,17-18H2,1-3H3,(H,19,23)(H,20,24);2*2-7H,17H2,1H3,(H,18,19). The molecule has 2 unspecified atom stereocenters. The van der Waals surface area contributed by atoms with Crippen LogP contribution in [0.5, 0.6) is 0 Å². The SMILES string of the molecule is CC(=O)C(N)C(=O)Nc1cc(Cl)c(NC(=O)C(N)C(C)=O)cc1C.Cc1c(Cl)cccc1NC(=O)c1ccc(Cl)c(N)c1.Cc1c(Cl)cccc1NC(=O)c1ccc(Cl)c(N)c1. The van der Waals surface area contributed by atoms with E-state index in [2.05, 4.69) is 21.3 Å². The minimum absolute atomic E-state index is 0.122. The fourth-order valence-corrected chi connectivity index (χ4v) is 5.74. The van der Waals surface area contributed by atoms with Gasteiger partial charge >= 0.3 is 0 Å². The largest absolute Gasteiger partial charge is 0.398 e. The first-order valence-corrected chi connectivity index (χ1v) is 20.1. The first-order chi connectivity index (χ1) is 29.0. The van der Waals surface area contributed by atoms with Gasteiger partial charge in [-0.3, -0.25) is 28.8 Å². The zero-order chi connectivity index (χ0) is 46.6. The van der Waals surface area contributed by atoms with E-state index in [4.69, 9.17) is 80.9 Å². The van der Waals surface area contributed by atoms with Crippen molar-refractivity contribution in [3.63, 3.8) is 0 Å². The van der Waals surface area contributed by atoms with Gasteiger partial charge in [-0.2, -0.15) is 0 Å². The number of carbonyl (C=O) groups is 6. The van der Waals surface area contributed by atoms with Crippen LogP contribution in [0.2, 0.25) is 25.1 Å². The second kappa shape index (κ2) is 22.9. The van der Waals surface area contributed by atoms with Crippen LogP contribution in [-0.2, 0) is 19.2 Å². The number of anilines is 6. The smallest absolute Gasteiger partial charge is 0.255 e. The van der Waals surface area contributed by atoms with Gasteiger partial charge in [0.05, 0.1) is 32.1 Å². The van der Waals surface area contributed by atoms with Crippen molar-refractivity contribution in [3.8, 4) is 0 Å². The predicted molar refractivity (Wildman–Crippen MR) is 251 cm³/mol. The molecule has 62 heavy (non-hydrogen) atoms. The molecule has 5 aromatic carbocycles. The summed E-state index contributed by atoms with van der Waals surface area (Å²) in [6.07, 6.45) is 0. The van der Waals surface area contributed by atoms with E-state index >= 15 is 0 Å². The molecule has 0 heterocycles. The third-order valence-electron chi connectivity index (χ3n) is 8.82. The fraction of sp³-hybridized carbons (Fsp3) is 0.163. The third-order valence-corrected chi connectivity index (χ3v) is 10.6. The van der Waals surface area contributed by atoms with Crippen LogP contribution in [0.25, 0.3) is 0 Å². The Morgan fingerprint density at radius 2 is 0.855 bits per heavy atom. The predicted octanol–water partition coefficient (Wildman–Crippen LogP) is 8.63. The maximum absolute atomic E-state index is 12.1. The summed E-state index contributed by atoms with van der Waals surface area (Å²) in [6, 6.07) is 20.5. The Kier molecular flexibility index (Phi) is 18.7. The fourth-order valence-electron chi connectivity index (χ4n) is 4.95. The highest BCUT2D eigenvalue weighted by Crippen LogP contribution is 2.30. The van der Waals surface area contributed by atoms with Gasteiger partial charge in [0.1, 0.15) is 12.1 Å². The topological polar surface area (TPSA) is 255 Å². The van der Waals surface area contributed by atoms with Gasteiger partial charge in [-0.05, 0) is 124 Å². The number of Topliss-reactive ketones (excluding diaryl/α,β-unsaturated/α-hetero) is 2. The van der Waals surface area contributed by atoms with E-state index in [0.717, 1.165) is 11.1 Å². The van der Waals surface area contributed by atoms with Crippen LogP contribution < -0.4 is 44.2 Å². The molecule has 0 aliphatic rings. The van der Waals surface area contributed by atoms with Crippen LogP contribution in [0.3, 0.4) is 0 Å². The Morgan fingerprint density at radius 3 is 1.23 bits per heavy atom. The molecule has 14 nitrogen and oxygen atoms in total. The second-order valence-electron chi connectivity index (χ2n) is 13.5. The number of carbonyl (C=O) groups excluding carboxylic acids is 6. The van der Waals surface area contributed by atoms with Gasteiger partial charge in [-0.15, -0.1) is 0 Å². The number of nitrogens with one attached hydrogen (secondary N) is 4. The highest BCUT2D eigenvalue weighted by Gasteiger charge is 2.22. The van der Waals surface area contributed by atoms with Crippen molar-refractivity contribution in [2.24, 2.45) is 11.5 Å². The summed E-state index contributed by atoms with van der Waals surface area (Å²) in [4.78, 5) is 70.0. The summed E-state index contributed by atoms with van der Waals surface area (Å²) >= 11 is 29.7. The Bertz CT molecular complexity index is 2360. The minimum Gasteiger partial charge on any atom is -0.398 e. The number of ketones is 2. The molecule has 0 saturated carbocycles. The van der Waals surface area contributed by atoms with E-state index in [1.165, 1.54) is 38.1 Å². The van der Waals surface area contributed by atoms with Crippen LogP contribution in [0, 0.1) is 20.8 Å². The van der Waals surface area contributed by atoms with E-state index in [9.17, 15) is 28.8 Å². The van der Waals surface area contributed by atoms with Crippen LogP contribution in [0.4, 0.5) is 34.1 Å². The van der Waals surface area contributed by atoms with E-state index in [1.54, 1.807) is 67.6 Å². The van der Waals surface area contributed by atoms with Crippen molar-refractivity contribution in [2.75, 3.05) is 32.7 Å². The van der Waals surface area contributed by atoms with Gasteiger partial charge in [0, 0.05) is 38.2 Å². The lowest BCUT2D eigenvalue weighted by molar-refractivity contribution is -0.127. The Hall–Kier alpha value is -5.71. The van der Waals surface area contributed by atoms with Gasteiger partial charge in [0.2, 0.25) is 11.8 Å². The molecule has 12 N–H and O–H groups in total. The Labute approximate surface area is 382 Å². The van der Waals surface area contributed by atoms with Gasteiger partial charge in [-0.25, -0.2) is 0 Å². The van der Waals surface area contributed by atoms with Gasteiger partial charge in [0.25, 0.3) is 11.8 Å². The molecule has 0 spiro atoms. The quantitative estimate of drug-likeness (QED) is 0.0488. The number of nitrogen functional groups attached to an aromatic ring is 2. The van der Waals surface area contributed by atoms with Crippen molar-refractivity contribution in [2.45, 2.75) is 46.7 Å². The van der Waals surface area contributed by atoms with E-state index in [-0.39, 0.29) is 22.5 Å². The molecule has 0 aliphatic heterocycles. The van der Waals surface area contributed by atoms with Gasteiger partial charge < -0.3 is 44.2 Å². The first kappa shape index (κ1) is 50.6. The summed E-state index contributed by atoms with van der Waals surface area (Å²) in [5.41, 5.74) is 28.0. The maximum atomic E-state index is 12.1. The molecule has 326 valence electrons. The molecule has 5 aromatic rings. The monoisotopic (exact) mass is 942 g/mol. The number of hydrogen-bond acceptors (Lipinski definition) is 10. The minimum atomic E-state index is -1.30. The van der Waals surface area contributed by atoms with Crippen molar-refractivity contribution in [1.82, 2.24) is 0 Å². The molecule has 0 aromatic heterocycles. The third kappa shape index (κ3) is 14.2. The number of rotatable bonds is 10. The van der Waals surface area contributed by atoms with E-state index < -0.39 is 35.5 Å². The zero-order valence-corrected chi connectivity index (χ0v) is 37.7. The number of halogens is 5. The lowest BCUT2D eigenvalue weighted by Crippen LogP contribution is -2.41. The summed E-state index contributed by atoms with van der Waals surface area (Å²) in [5, 5.41) is 12.7. The molecular formula is C43H43Cl5N8O6. The number of hydrogen-bond donors (Lipinski definition) is 8. The summed E-state index contributed by atoms with van der Waals surface area (Å²) in [6.45, 7) is 7.75. The molecule has 5 rings (SSSR count). The lowest BCUT2D eigenvalue weighted by atomic mass is 10.1. The summed E-state index contributed by atoms with van der Waals surface area (Å²) < 4.78 is 0. The molecule has 0 radical (unpaired) electrons. The molecule has 4 amide bonds. The van der Waals surface area contributed by atoms with Crippen LogP contribution in [0.1, 0.15) is 51.3 Å². The summed E-state index contributed by atoms with van der Waals surface area (Å²) in [5.74, 6) is -2.83. The van der Waals surface area contributed by atoms with Crippen molar-refractivity contribution >= 4 is 127 Å². The van der Waals surface area contributed by atoms with Crippen molar-refractivity contribution < 1.29 is 28.8 Å². The highest BCUT2D eigenvalue weighted by atomic mass is 35.5. The molecule has 0 aliphatic carbocycles. The highest BCUT2D eigenvalue weighted by molar-refractivity contribution is 6.35. The molecule has 0 fully saturated rings. The molecule has 19 heteroatoms. The van der Waals surface area contributed by atoms with Crippen LogP contribution >= 0.6 is 58.0 Å². The van der Waals surface area contributed by atoms with E-state index in [1.807, 2.05) is 13.8 Å². The van der Waals surface area contributed by atoms with Gasteiger partial charge in [0.15, 0.2) is 11.6 Å². The zero-order valence-electron chi connectivity index (χ0n) is 33.9. The average Bonchev–Trinajstić information content (AvgIpc) is 3.21.